The van der Waals surface area contributed by atoms with Crippen LogP contribution >= 0.6 is 19.2 Å². The molecule has 1 atom stereocenters. The van der Waals surface area contributed by atoms with Gasteiger partial charge in [-0.1, -0.05) is 83.9 Å². The first-order chi connectivity index (χ1) is 16.8. The Hall–Kier alpha value is -3.09. The third-order valence-electron chi connectivity index (χ3n) is 5.07. The Bertz CT molecular complexity index is 1390. The molecule has 0 aromatic heterocycles. The second kappa shape index (κ2) is 10.7. The summed E-state index contributed by atoms with van der Waals surface area (Å²) in [5.41, 5.74) is 1.15. The highest BCUT2D eigenvalue weighted by Gasteiger charge is 2.44. The molecule has 1 unspecified atom stereocenters. The van der Waals surface area contributed by atoms with Gasteiger partial charge in [-0.15, -0.1) is 0 Å². The first kappa shape index (κ1) is 25.0. The summed E-state index contributed by atoms with van der Waals surface area (Å²) in [4.78, 5) is 0.00567. The third kappa shape index (κ3) is 6.13. The summed E-state index contributed by atoms with van der Waals surface area (Å²) < 4.78 is 55.7. The Balaban J connectivity index is 1.85. The van der Waals surface area contributed by atoms with Crippen molar-refractivity contribution in [2.24, 2.45) is 0 Å². The molecule has 0 aliphatic heterocycles. The molecule has 0 aliphatic rings. The number of hydrogen-bond acceptors (Lipinski definition) is 5. The molecule has 4 rings (SSSR count). The standard InChI is InChI=1S/C26H23ClNO5PS/c1-20-16-18-23(19-17-20)35(30,31)28-26(24-14-8-9-15-25(24)27)34(29,32-21-10-4-2-5-11-21)33-22-12-6-3-7-13-22/h2-19,26,28H,1H3. The fourth-order valence-electron chi connectivity index (χ4n) is 3.31. The number of rotatable bonds is 9. The summed E-state index contributed by atoms with van der Waals surface area (Å²) in [6.45, 7) is 1.85. The van der Waals surface area contributed by atoms with Crippen LogP contribution in [0.2, 0.25) is 5.02 Å². The molecule has 6 nitrogen and oxygen atoms in total. The number of aryl methyl sites for hydroxylation is 1. The molecule has 4 aromatic rings. The highest BCUT2D eigenvalue weighted by molar-refractivity contribution is 7.89. The first-order valence-electron chi connectivity index (χ1n) is 10.7. The van der Waals surface area contributed by atoms with Gasteiger partial charge in [0.1, 0.15) is 11.5 Å². The van der Waals surface area contributed by atoms with E-state index in [9.17, 15) is 13.0 Å². The minimum Gasteiger partial charge on any atom is -0.415 e. The van der Waals surface area contributed by atoms with Gasteiger partial charge in [0.25, 0.3) is 0 Å². The Morgan fingerprint density at radius 1 is 0.743 bits per heavy atom. The molecule has 1 N–H and O–H groups in total. The van der Waals surface area contributed by atoms with E-state index in [4.69, 9.17) is 20.6 Å². The van der Waals surface area contributed by atoms with Crippen LogP contribution in [-0.2, 0) is 14.6 Å². The molecule has 9 heteroatoms. The van der Waals surface area contributed by atoms with Gasteiger partial charge < -0.3 is 9.05 Å². The fourth-order valence-corrected chi connectivity index (χ4v) is 7.26. The second-order valence-electron chi connectivity index (χ2n) is 7.71. The molecule has 0 spiro atoms. The van der Waals surface area contributed by atoms with E-state index in [1.54, 1.807) is 97.1 Å². The van der Waals surface area contributed by atoms with Gasteiger partial charge >= 0.3 is 7.60 Å². The van der Waals surface area contributed by atoms with Crippen molar-refractivity contribution in [2.45, 2.75) is 17.6 Å². The van der Waals surface area contributed by atoms with E-state index in [2.05, 4.69) is 4.72 Å². The minimum atomic E-state index is -4.32. The van der Waals surface area contributed by atoms with Crippen LogP contribution in [0.15, 0.2) is 114 Å². The van der Waals surface area contributed by atoms with E-state index in [1.165, 1.54) is 12.1 Å². The number of benzene rings is 4. The van der Waals surface area contributed by atoms with Crippen molar-refractivity contribution >= 4 is 29.2 Å². The summed E-state index contributed by atoms with van der Waals surface area (Å²) >= 11 is 6.46. The van der Waals surface area contributed by atoms with Gasteiger partial charge in [0, 0.05) is 10.6 Å². The van der Waals surface area contributed by atoms with Gasteiger partial charge in [-0.3, -0.25) is 0 Å². The lowest BCUT2D eigenvalue weighted by Crippen LogP contribution is -2.31. The Labute approximate surface area is 210 Å². The number of halogens is 1. The highest BCUT2D eigenvalue weighted by Crippen LogP contribution is 2.60. The van der Waals surface area contributed by atoms with Gasteiger partial charge in [-0.05, 0) is 49.4 Å². The van der Waals surface area contributed by atoms with Crippen molar-refractivity contribution < 1.29 is 22.0 Å². The molecule has 35 heavy (non-hydrogen) atoms. The Morgan fingerprint density at radius 3 is 1.74 bits per heavy atom. The maximum Gasteiger partial charge on any atom is 0.453 e. The zero-order chi connectivity index (χ0) is 24.9. The van der Waals surface area contributed by atoms with Crippen LogP contribution in [0.4, 0.5) is 0 Å². The molecule has 0 fully saturated rings. The van der Waals surface area contributed by atoms with Crippen LogP contribution in [0.3, 0.4) is 0 Å². The zero-order valence-corrected chi connectivity index (χ0v) is 21.2. The first-order valence-corrected chi connectivity index (χ1v) is 14.2. The predicted octanol–water partition coefficient (Wildman–Crippen LogP) is 6.98. The largest absolute Gasteiger partial charge is 0.453 e. The molecule has 0 amide bonds. The lowest BCUT2D eigenvalue weighted by molar-refractivity contribution is 0.368. The second-order valence-corrected chi connectivity index (χ2v) is 11.8. The summed E-state index contributed by atoms with van der Waals surface area (Å²) in [6, 6.07) is 29.7. The molecular formula is C26H23ClNO5PS. The summed E-state index contributed by atoms with van der Waals surface area (Å²) in [7, 11) is -8.47. The van der Waals surface area contributed by atoms with Crippen LogP contribution in [0.5, 0.6) is 11.5 Å². The Morgan fingerprint density at radius 2 is 1.23 bits per heavy atom. The summed E-state index contributed by atoms with van der Waals surface area (Å²) in [5, 5.41) is 0.206. The third-order valence-corrected chi connectivity index (χ3v) is 8.99. The average molecular weight is 528 g/mol. The molecule has 0 heterocycles. The van der Waals surface area contributed by atoms with Gasteiger partial charge in [-0.25, -0.2) is 13.0 Å². The van der Waals surface area contributed by atoms with E-state index in [1.807, 2.05) is 6.92 Å². The number of para-hydroxylation sites is 2. The average Bonchev–Trinajstić information content (AvgIpc) is 2.84. The Kier molecular flexibility index (Phi) is 7.63. The van der Waals surface area contributed by atoms with Crippen molar-refractivity contribution in [3.05, 3.63) is 125 Å². The lowest BCUT2D eigenvalue weighted by Gasteiger charge is -2.29. The number of nitrogens with one attached hydrogen (secondary N) is 1. The molecule has 0 saturated heterocycles. The van der Waals surface area contributed by atoms with E-state index in [-0.39, 0.29) is 27.0 Å². The summed E-state index contributed by atoms with van der Waals surface area (Å²) in [6.07, 6.45) is 0. The normalized spacial score (nSPS) is 12.6. The molecule has 4 aromatic carbocycles. The predicted molar refractivity (Wildman–Crippen MR) is 137 cm³/mol. The van der Waals surface area contributed by atoms with Crippen LogP contribution in [-0.4, -0.2) is 8.42 Å². The summed E-state index contributed by atoms with van der Waals surface area (Å²) in [5.74, 6) is -0.959. The van der Waals surface area contributed by atoms with Crippen LogP contribution in [0.1, 0.15) is 16.9 Å². The van der Waals surface area contributed by atoms with Crippen molar-refractivity contribution in [1.82, 2.24) is 4.72 Å². The molecule has 0 radical (unpaired) electrons. The maximum atomic E-state index is 14.5. The van der Waals surface area contributed by atoms with Gasteiger partial charge in [0.05, 0.1) is 4.90 Å². The molecule has 0 saturated carbocycles. The van der Waals surface area contributed by atoms with E-state index >= 15 is 0 Å². The molecular weight excluding hydrogens is 505 g/mol. The van der Waals surface area contributed by atoms with Gasteiger partial charge in [0.2, 0.25) is 10.0 Å². The van der Waals surface area contributed by atoms with E-state index < -0.39 is 23.4 Å². The van der Waals surface area contributed by atoms with Gasteiger partial charge in [-0.2, -0.15) is 4.72 Å². The van der Waals surface area contributed by atoms with Crippen LogP contribution < -0.4 is 13.8 Å². The maximum absolute atomic E-state index is 14.5. The van der Waals surface area contributed by atoms with Crippen molar-refractivity contribution in [3.63, 3.8) is 0 Å². The van der Waals surface area contributed by atoms with E-state index in [0.717, 1.165) is 5.56 Å². The molecule has 0 aliphatic carbocycles. The monoisotopic (exact) mass is 527 g/mol. The van der Waals surface area contributed by atoms with E-state index in [0.29, 0.717) is 0 Å². The lowest BCUT2D eigenvalue weighted by atomic mass is 10.2. The zero-order valence-electron chi connectivity index (χ0n) is 18.7. The fraction of sp³-hybridized carbons (Fsp3) is 0.0769. The van der Waals surface area contributed by atoms with Crippen LogP contribution in [0, 0.1) is 6.92 Å². The van der Waals surface area contributed by atoms with Crippen molar-refractivity contribution in [3.8, 4) is 11.5 Å². The molecule has 0 bridgehead atoms. The van der Waals surface area contributed by atoms with Gasteiger partial charge in [0.15, 0.2) is 5.78 Å². The van der Waals surface area contributed by atoms with Crippen molar-refractivity contribution in [1.29, 1.82) is 0 Å². The minimum absolute atomic E-state index is 0.00567. The topological polar surface area (TPSA) is 81.7 Å². The number of hydrogen-bond donors (Lipinski definition) is 1. The number of sulfonamides is 1. The van der Waals surface area contributed by atoms with Crippen molar-refractivity contribution in [2.75, 3.05) is 0 Å². The smallest absolute Gasteiger partial charge is 0.415 e. The highest BCUT2D eigenvalue weighted by atomic mass is 35.5. The van der Waals surface area contributed by atoms with Crippen LogP contribution in [0.25, 0.3) is 0 Å². The molecule has 180 valence electrons. The quantitative estimate of drug-likeness (QED) is 0.237. The SMILES string of the molecule is Cc1ccc(S(=O)(=O)NC(c2ccccc2Cl)P(=O)(Oc2ccccc2)Oc2ccccc2)cc1.